The van der Waals surface area contributed by atoms with Crippen LogP contribution >= 0.6 is 0 Å². The Labute approximate surface area is 168 Å². The van der Waals surface area contributed by atoms with Crippen LogP contribution in [0.5, 0.6) is 5.75 Å². The van der Waals surface area contributed by atoms with Crippen LogP contribution in [0.2, 0.25) is 0 Å². The summed E-state index contributed by atoms with van der Waals surface area (Å²) in [5.74, 6) is -0.229. The Morgan fingerprint density at radius 1 is 1.24 bits per heavy atom. The lowest BCUT2D eigenvalue weighted by molar-refractivity contribution is -0.138. The molecule has 0 bridgehead atoms. The summed E-state index contributed by atoms with van der Waals surface area (Å²) < 4.78 is 45.0. The van der Waals surface area contributed by atoms with Crippen molar-refractivity contribution in [2.24, 2.45) is 0 Å². The van der Waals surface area contributed by atoms with Gasteiger partial charge in [-0.3, -0.25) is 4.90 Å². The Kier molecular flexibility index (Phi) is 6.02. The lowest BCUT2D eigenvalue weighted by Crippen LogP contribution is -2.34. The molecule has 2 aromatic carbocycles. The van der Waals surface area contributed by atoms with Gasteiger partial charge >= 0.3 is 12.2 Å². The number of hydrogen-bond acceptors (Lipinski definition) is 3. The normalized spacial score (nSPS) is 13.6. The van der Waals surface area contributed by atoms with E-state index in [4.69, 9.17) is 4.74 Å². The zero-order valence-corrected chi connectivity index (χ0v) is 16.6. The third-order valence-electron chi connectivity index (χ3n) is 4.93. The number of carbonyl (C=O) groups excluding carboxylic acids is 1. The van der Waals surface area contributed by atoms with Crippen LogP contribution in [-0.2, 0) is 19.0 Å². The Morgan fingerprint density at radius 3 is 2.62 bits per heavy atom. The Morgan fingerprint density at radius 2 is 1.97 bits per heavy atom. The largest absolute Gasteiger partial charge is 0.496 e. The summed E-state index contributed by atoms with van der Waals surface area (Å²) in [5, 5.41) is 2.86. The summed E-state index contributed by atoms with van der Waals surface area (Å²) in [6.45, 7) is 1.12. The molecule has 1 heterocycles. The van der Waals surface area contributed by atoms with Crippen molar-refractivity contribution < 1.29 is 22.7 Å². The molecule has 0 atom stereocenters. The second-order valence-electron chi connectivity index (χ2n) is 7.22. The van der Waals surface area contributed by atoms with Crippen molar-refractivity contribution >= 4 is 17.4 Å². The lowest BCUT2D eigenvalue weighted by atomic mass is 10.1. The fraction of sp³-hybridized carbons (Fsp3) is 0.381. The van der Waals surface area contributed by atoms with Crippen molar-refractivity contribution in [2.45, 2.75) is 19.0 Å². The molecule has 29 heavy (non-hydrogen) atoms. The molecule has 1 aliphatic rings. The number of ether oxygens (including phenoxy) is 1. The molecule has 2 aromatic rings. The molecule has 0 saturated heterocycles. The molecule has 8 heteroatoms. The van der Waals surface area contributed by atoms with Gasteiger partial charge in [-0.1, -0.05) is 18.2 Å². The molecular formula is C21H24F3N3O2. The number of para-hydroxylation sites is 1. The average molecular weight is 407 g/mol. The molecule has 1 aliphatic heterocycles. The van der Waals surface area contributed by atoms with E-state index in [9.17, 15) is 18.0 Å². The molecule has 3 rings (SSSR count). The first-order valence-corrected chi connectivity index (χ1v) is 9.30. The van der Waals surface area contributed by atoms with E-state index in [0.29, 0.717) is 24.2 Å². The number of alkyl halides is 3. The van der Waals surface area contributed by atoms with Crippen LogP contribution in [0.1, 0.15) is 16.7 Å². The maximum absolute atomic E-state index is 13.4. The van der Waals surface area contributed by atoms with Gasteiger partial charge in [0.05, 0.1) is 12.7 Å². The number of nitrogens with one attached hydrogen (secondary N) is 1. The number of methoxy groups -OCH3 is 1. The molecule has 0 spiro atoms. The predicted octanol–water partition coefficient (Wildman–Crippen LogP) is 4.41. The minimum Gasteiger partial charge on any atom is -0.496 e. The molecule has 156 valence electrons. The standard InChI is InChI=1S/C21H24F3N3O2/c1-26(2)10-8-14-6-4-5-7-17(14)25-20(28)27-11-9-15-12-19(29-3)16(13-18(15)27)21(22,23)24/h4-7,12-13H,8-11H2,1-3H3,(H,25,28). The Bertz CT molecular complexity index is 897. The molecule has 0 fully saturated rings. The summed E-state index contributed by atoms with van der Waals surface area (Å²) in [4.78, 5) is 16.3. The second kappa shape index (κ2) is 8.32. The smallest absolute Gasteiger partial charge is 0.420 e. The lowest BCUT2D eigenvalue weighted by Gasteiger charge is -2.21. The maximum Gasteiger partial charge on any atom is 0.420 e. The van der Waals surface area contributed by atoms with Gasteiger partial charge in [0.15, 0.2) is 0 Å². The highest BCUT2D eigenvalue weighted by Crippen LogP contribution is 2.42. The number of fused-ring (bicyclic) bond motifs is 1. The summed E-state index contributed by atoms with van der Waals surface area (Å²) >= 11 is 0. The number of anilines is 2. The van der Waals surface area contributed by atoms with Gasteiger partial charge in [-0.15, -0.1) is 0 Å². The zero-order valence-electron chi connectivity index (χ0n) is 16.6. The minimum absolute atomic E-state index is 0.229. The number of hydrogen-bond donors (Lipinski definition) is 1. The highest BCUT2D eigenvalue weighted by Gasteiger charge is 2.37. The topological polar surface area (TPSA) is 44.8 Å². The van der Waals surface area contributed by atoms with Crippen LogP contribution in [0.15, 0.2) is 36.4 Å². The van der Waals surface area contributed by atoms with Gasteiger partial charge in [-0.05, 0) is 56.3 Å². The molecule has 0 aliphatic carbocycles. The van der Waals surface area contributed by atoms with Crippen molar-refractivity contribution in [3.05, 3.63) is 53.1 Å². The van der Waals surface area contributed by atoms with Crippen molar-refractivity contribution in [3.8, 4) is 5.75 Å². The van der Waals surface area contributed by atoms with Gasteiger partial charge in [0.25, 0.3) is 0 Å². The number of rotatable bonds is 5. The molecule has 5 nitrogen and oxygen atoms in total. The molecule has 0 radical (unpaired) electrons. The van der Waals surface area contributed by atoms with Gasteiger partial charge in [0.2, 0.25) is 0 Å². The van der Waals surface area contributed by atoms with Gasteiger partial charge in [0, 0.05) is 24.5 Å². The van der Waals surface area contributed by atoms with Crippen LogP contribution in [-0.4, -0.2) is 45.2 Å². The average Bonchev–Trinajstić information content (AvgIpc) is 3.08. The van der Waals surface area contributed by atoms with Gasteiger partial charge < -0.3 is 15.0 Å². The Balaban J connectivity index is 1.85. The van der Waals surface area contributed by atoms with Crippen LogP contribution in [0.4, 0.5) is 29.3 Å². The second-order valence-corrected chi connectivity index (χ2v) is 7.22. The number of halogens is 3. The van der Waals surface area contributed by atoms with Crippen LogP contribution in [0.25, 0.3) is 0 Å². The maximum atomic E-state index is 13.4. The Hall–Kier alpha value is -2.74. The fourth-order valence-corrected chi connectivity index (χ4v) is 3.40. The summed E-state index contributed by atoms with van der Waals surface area (Å²) in [6, 6.07) is 9.38. The molecule has 0 aromatic heterocycles. The number of amides is 2. The first-order valence-electron chi connectivity index (χ1n) is 9.30. The van der Waals surface area contributed by atoms with Crippen LogP contribution in [0, 0.1) is 0 Å². The van der Waals surface area contributed by atoms with Gasteiger partial charge in [-0.2, -0.15) is 13.2 Å². The minimum atomic E-state index is -4.57. The molecule has 1 N–H and O–H groups in total. The van der Waals surface area contributed by atoms with E-state index in [1.807, 2.05) is 37.2 Å². The summed E-state index contributed by atoms with van der Waals surface area (Å²) in [5.41, 5.74) is 1.68. The quantitative estimate of drug-likeness (QED) is 0.799. The van der Waals surface area contributed by atoms with Crippen molar-refractivity contribution in [2.75, 3.05) is 44.5 Å². The first kappa shape index (κ1) is 21.0. The van der Waals surface area contributed by atoms with E-state index in [0.717, 1.165) is 24.6 Å². The highest BCUT2D eigenvalue weighted by atomic mass is 19.4. The van der Waals surface area contributed by atoms with Crippen LogP contribution < -0.4 is 15.0 Å². The van der Waals surface area contributed by atoms with E-state index in [2.05, 4.69) is 5.32 Å². The van der Waals surface area contributed by atoms with E-state index in [1.165, 1.54) is 18.1 Å². The van der Waals surface area contributed by atoms with Crippen LogP contribution in [0.3, 0.4) is 0 Å². The van der Waals surface area contributed by atoms with Crippen molar-refractivity contribution in [3.63, 3.8) is 0 Å². The number of nitrogens with zero attached hydrogens (tertiary/aromatic N) is 2. The summed E-state index contributed by atoms with van der Waals surface area (Å²) in [6.07, 6.45) is -3.35. The SMILES string of the molecule is COc1cc2c(cc1C(F)(F)F)N(C(=O)Nc1ccccc1CCN(C)C)CC2. The molecule has 0 saturated carbocycles. The predicted molar refractivity (Wildman–Crippen MR) is 107 cm³/mol. The third-order valence-corrected chi connectivity index (χ3v) is 4.93. The van der Waals surface area contributed by atoms with E-state index < -0.39 is 17.8 Å². The fourth-order valence-electron chi connectivity index (χ4n) is 3.40. The first-order chi connectivity index (χ1) is 13.7. The molecule has 2 amide bonds. The molecule has 0 unspecified atom stereocenters. The van der Waals surface area contributed by atoms with Gasteiger partial charge in [-0.25, -0.2) is 4.79 Å². The number of benzene rings is 2. The highest BCUT2D eigenvalue weighted by molar-refractivity contribution is 6.03. The monoisotopic (exact) mass is 407 g/mol. The number of urea groups is 1. The van der Waals surface area contributed by atoms with E-state index >= 15 is 0 Å². The number of carbonyl (C=O) groups is 1. The van der Waals surface area contributed by atoms with Crippen molar-refractivity contribution in [1.82, 2.24) is 4.90 Å². The number of likely N-dealkylation sites (N-methyl/N-ethyl adjacent to an activating group) is 1. The van der Waals surface area contributed by atoms with E-state index in [1.54, 1.807) is 6.07 Å². The van der Waals surface area contributed by atoms with Gasteiger partial charge in [0.1, 0.15) is 5.75 Å². The summed E-state index contributed by atoms with van der Waals surface area (Å²) in [7, 11) is 5.14. The van der Waals surface area contributed by atoms with Crippen molar-refractivity contribution in [1.29, 1.82) is 0 Å². The third kappa shape index (κ3) is 4.64. The van der Waals surface area contributed by atoms with E-state index in [-0.39, 0.29) is 11.4 Å². The zero-order chi connectivity index (χ0) is 21.2. The molecular weight excluding hydrogens is 383 g/mol.